The zero-order valence-corrected chi connectivity index (χ0v) is 20.3. The van der Waals surface area contributed by atoms with Crippen LogP contribution in [0.3, 0.4) is 0 Å². The van der Waals surface area contributed by atoms with Gasteiger partial charge in [0, 0.05) is 33.4 Å². The Morgan fingerprint density at radius 1 is 1.27 bits per heavy atom. The first kappa shape index (κ1) is 25.1. The first-order valence-electron chi connectivity index (χ1n) is 10.7. The largest absolute Gasteiger partial charge is 0.490 e. The summed E-state index contributed by atoms with van der Waals surface area (Å²) in [5.41, 5.74) is 0.854. The fourth-order valence-corrected chi connectivity index (χ4v) is 3.25. The number of nitrogens with zero attached hydrogens (tertiary/aromatic N) is 1. The van der Waals surface area contributed by atoms with Crippen LogP contribution in [0.1, 0.15) is 50.6 Å². The molecule has 8 heteroatoms. The van der Waals surface area contributed by atoms with Crippen molar-refractivity contribution in [1.82, 2.24) is 10.6 Å². The van der Waals surface area contributed by atoms with E-state index in [0.717, 1.165) is 51.2 Å². The van der Waals surface area contributed by atoms with Gasteiger partial charge in [-0.15, -0.1) is 24.0 Å². The van der Waals surface area contributed by atoms with Gasteiger partial charge in [-0.25, -0.2) is 4.39 Å². The minimum Gasteiger partial charge on any atom is -0.490 e. The van der Waals surface area contributed by atoms with Crippen LogP contribution < -0.4 is 15.4 Å². The number of aliphatic imine (C=N–C) groups is 1. The lowest BCUT2D eigenvalue weighted by molar-refractivity contribution is -0.0320. The first-order chi connectivity index (χ1) is 14.2. The summed E-state index contributed by atoms with van der Waals surface area (Å²) in [4.78, 5) is 4.26. The monoisotopic (exact) mass is 535 g/mol. The number of rotatable bonds is 10. The molecule has 1 aromatic rings. The summed E-state index contributed by atoms with van der Waals surface area (Å²) in [5, 5.41) is 6.59. The van der Waals surface area contributed by atoms with Crippen LogP contribution in [0.5, 0.6) is 5.75 Å². The average molecular weight is 535 g/mol. The van der Waals surface area contributed by atoms with Gasteiger partial charge in [-0.2, -0.15) is 0 Å². The average Bonchev–Trinajstić information content (AvgIpc) is 3.57. The van der Waals surface area contributed by atoms with E-state index >= 15 is 0 Å². The summed E-state index contributed by atoms with van der Waals surface area (Å²) in [5.74, 6) is 1.31. The zero-order valence-electron chi connectivity index (χ0n) is 18.0. The van der Waals surface area contributed by atoms with Crippen LogP contribution in [-0.4, -0.2) is 52.1 Å². The summed E-state index contributed by atoms with van der Waals surface area (Å²) in [7, 11) is 1.73. The fraction of sp³-hybridized carbons (Fsp3) is 0.682. The number of hydrogen-bond acceptors (Lipinski definition) is 4. The minimum atomic E-state index is -0.315. The van der Waals surface area contributed by atoms with Gasteiger partial charge in [0.2, 0.25) is 0 Å². The molecule has 2 N–H and O–H groups in total. The molecule has 1 aliphatic heterocycles. The molecule has 0 bridgehead atoms. The smallest absolute Gasteiger partial charge is 0.191 e. The van der Waals surface area contributed by atoms with Crippen LogP contribution in [0, 0.1) is 11.7 Å². The Labute approximate surface area is 196 Å². The number of nitrogens with one attached hydrogen (secondary N) is 2. The molecule has 2 fully saturated rings. The standard InChI is InChI=1S/C22H34FN3O3.HI/c1-16(18-6-7-21(20(23)14-18)29-15-17-4-5-17)26-22(24-2)25-10-3-11-28-19-8-12-27-13-9-19;/h6-7,14,16-17,19H,3-5,8-13,15H2,1-2H3,(H2,24,25,26);1H. The van der Waals surface area contributed by atoms with Gasteiger partial charge in [0.1, 0.15) is 0 Å². The van der Waals surface area contributed by atoms with E-state index in [0.29, 0.717) is 30.3 Å². The minimum absolute atomic E-state index is 0. The molecule has 1 aromatic carbocycles. The van der Waals surface area contributed by atoms with E-state index in [1.807, 2.05) is 13.0 Å². The molecule has 0 amide bonds. The second-order valence-corrected chi connectivity index (χ2v) is 7.85. The van der Waals surface area contributed by atoms with Gasteiger partial charge in [0.05, 0.1) is 18.8 Å². The molecule has 0 radical (unpaired) electrons. The highest BCUT2D eigenvalue weighted by molar-refractivity contribution is 14.0. The summed E-state index contributed by atoms with van der Waals surface area (Å²) in [6.07, 6.45) is 5.56. The normalized spacial score (nSPS) is 18.4. The van der Waals surface area contributed by atoms with Crippen LogP contribution in [0.2, 0.25) is 0 Å². The van der Waals surface area contributed by atoms with Gasteiger partial charge >= 0.3 is 0 Å². The van der Waals surface area contributed by atoms with E-state index in [1.54, 1.807) is 13.1 Å². The molecule has 2 aliphatic rings. The van der Waals surface area contributed by atoms with Crippen LogP contribution in [-0.2, 0) is 9.47 Å². The number of benzene rings is 1. The summed E-state index contributed by atoms with van der Waals surface area (Å²) in [6, 6.07) is 5.08. The van der Waals surface area contributed by atoms with Crippen LogP contribution in [0.25, 0.3) is 0 Å². The van der Waals surface area contributed by atoms with Gasteiger partial charge < -0.3 is 24.8 Å². The van der Waals surface area contributed by atoms with Crippen LogP contribution >= 0.6 is 24.0 Å². The van der Waals surface area contributed by atoms with E-state index < -0.39 is 0 Å². The van der Waals surface area contributed by atoms with Gasteiger partial charge in [-0.3, -0.25) is 4.99 Å². The third-order valence-electron chi connectivity index (χ3n) is 5.34. The van der Waals surface area contributed by atoms with Crippen LogP contribution in [0.4, 0.5) is 4.39 Å². The molecule has 1 heterocycles. The Bertz CT molecular complexity index is 667. The number of ether oxygens (including phenoxy) is 3. The molecule has 1 saturated heterocycles. The molecule has 30 heavy (non-hydrogen) atoms. The Morgan fingerprint density at radius 2 is 2.03 bits per heavy atom. The SMILES string of the molecule is CN=C(NCCCOC1CCOCC1)NC(C)c1ccc(OCC2CC2)c(F)c1.I. The quantitative estimate of drug-likeness (QED) is 0.205. The molecule has 3 rings (SSSR count). The fourth-order valence-electron chi connectivity index (χ4n) is 3.25. The van der Waals surface area contributed by atoms with Crippen molar-refractivity contribution in [3.63, 3.8) is 0 Å². The molecule has 1 saturated carbocycles. The summed E-state index contributed by atoms with van der Waals surface area (Å²) in [6.45, 7) is 5.67. The molecule has 1 atom stereocenters. The Hall–Kier alpha value is -1.13. The molecule has 6 nitrogen and oxygen atoms in total. The van der Waals surface area contributed by atoms with E-state index in [1.165, 1.54) is 18.9 Å². The predicted octanol–water partition coefficient (Wildman–Crippen LogP) is 4.04. The third kappa shape index (κ3) is 8.55. The maximum absolute atomic E-state index is 14.3. The van der Waals surface area contributed by atoms with E-state index in [9.17, 15) is 4.39 Å². The van der Waals surface area contributed by atoms with Crippen molar-refractivity contribution in [3.05, 3.63) is 29.6 Å². The number of hydrogen-bond donors (Lipinski definition) is 2. The van der Waals surface area contributed by atoms with Crippen LogP contribution in [0.15, 0.2) is 23.2 Å². The van der Waals surface area contributed by atoms with Gasteiger partial charge in [-0.1, -0.05) is 6.07 Å². The van der Waals surface area contributed by atoms with Gasteiger partial charge in [0.25, 0.3) is 0 Å². The second-order valence-electron chi connectivity index (χ2n) is 7.85. The second kappa shape index (κ2) is 13.3. The molecule has 170 valence electrons. The highest BCUT2D eigenvalue weighted by Crippen LogP contribution is 2.30. The van der Waals surface area contributed by atoms with Crippen molar-refractivity contribution in [2.75, 3.05) is 40.0 Å². The Balaban J connectivity index is 0.00000320. The zero-order chi connectivity index (χ0) is 20.5. The summed E-state index contributed by atoms with van der Waals surface area (Å²) < 4.78 is 31.1. The maximum atomic E-state index is 14.3. The Morgan fingerprint density at radius 3 is 2.70 bits per heavy atom. The van der Waals surface area contributed by atoms with Crippen molar-refractivity contribution in [2.45, 2.75) is 51.2 Å². The molecule has 1 unspecified atom stereocenters. The van der Waals surface area contributed by atoms with Crippen molar-refractivity contribution >= 4 is 29.9 Å². The first-order valence-corrected chi connectivity index (χ1v) is 10.7. The lowest BCUT2D eigenvalue weighted by Crippen LogP contribution is -2.39. The number of halogens is 2. The van der Waals surface area contributed by atoms with Gasteiger partial charge in [0.15, 0.2) is 17.5 Å². The van der Waals surface area contributed by atoms with Crippen molar-refractivity contribution < 1.29 is 18.6 Å². The topological polar surface area (TPSA) is 64.1 Å². The van der Waals surface area contributed by atoms with E-state index in [-0.39, 0.29) is 35.8 Å². The molecule has 1 aliphatic carbocycles. The van der Waals surface area contributed by atoms with Crippen molar-refractivity contribution in [3.8, 4) is 5.75 Å². The predicted molar refractivity (Wildman–Crippen MR) is 127 cm³/mol. The Kier molecular flexibility index (Phi) is 11.2. The molecular weight excluding hydrogens is 500 g/mol. The highest BCUT2D eigenvalue weighted by atomic mass is 127. The highest BCUT2D eigenvalue weighted by Gasteiger charge is 2.22. The molecular formula is C22H35FIN3O3. The number of guanidine groups is 1. The van der Waals surface area contributed by atoms with Gasteiger partial charge in [-0.05, 0) is 62.6 Å². The molecule has 0 aromatic heterocycles. The van der Waals surface area contributed by atoms with Crippen molar-refractivity contribution in [2.24, 2.45) is 10.9 Å². The lowest BCUT2D eigenvalue weighted by Gasteiger charge is -2.22. The summed E-state index contributed by atoms with van der Waals surface area (Å²) >= 11 is 0. The molecule has 0 spiro atoms. The maximum Gasteiger partial charge on any atom is 0.191 e. The van der Waals surface area contributed by atoms with E-state index in [2.05, 4.69) is 15.6 Å². The van der Waals surface area contributed by atoms with E-state index in [4.69, 9.17) is 14.2 Å². The van der Waals surface area contributed by atoms with Crippen molar-refractivity contribution in [1.29, 1.82) is 0 Å². The third-order valence-corrected chi connectivity index (χ3v) is 5.34. The lowest BCUT2D eigenvalue weighted by atomic mass is 10.1.